The SMILES string of the molecule is C1CSCC[C@@H](c2noc(C3CCNCC3)n2)C1. The molecule has 4 nitrogen and oxygen atoms in total. The van der Waals surface area contributed by atoms with Gasteiger partial charge < -0.3 is 9.84 Å². The molecule has 100 valence electrons. The molecule has 1 atom stereocenters. The number of hydrogen-bond donors (Lipinski definition) is 1. The van der Waals surface area contributed by atoms with Gasteiger partial charge in [0.15, 0.2) is 5.82 Å². The number of hydrogen-bond acceptors (Lipinski definition) is 5. The molecule has 0 unspecified atom stereocenters. The van der Waals surface area contributed by atoms with Crippen molar-refractivity contribution in [2.24, 2.45) is 0 Å². The van der Waals surface area contributed by atoms with E-state index in [1.165, 1.54) is 30.8 Å². The maximum absolute atomic E-state index is 5.50. The Kier molecular flexibility index (Phi) is 4.20. The zero-order valence-electron chi connectivity index (χ0n) is 10.7. The van der Waals surface area contributed by atoms with Crippen LogP contribution in [0.5, 0.6) is 0 Å². The quantitative estimate of drug-likeness (QED) is 0.892. The Morgan fingerprint density at radius 3 is 2.83 bits per heavy atom. The fourth-order valence-corrected chi connectivity index (χ4v) is 3.84. The van der Waals surface area contributed by atoms with Crippen LogP contribution in [0, 0.1) is 0 Å². The molecule has 1 aromatic heterocycles. The first-order chi connectivity index (χ1) is 8.93. The van der Waals surface area contributed by atoms with E-state index in [9.17, 15) is 0 Å². The van der Waals surface area contributed by atoms with E-state index in [4.69, 9.17) is 4.52 Å². The largest absolute Gasteiger partial charge is 0.339 e. The third kappa shape index (κ3) is 2.88. The van der Waals surface area contributed by atoms with E-state index in [1.54, 1.807) is 0 Å². The van der Waals surface area contributed by atoms with E-state index in [-0.39, 0.29) is 0 Å². The number of rotatable bonds is 2. The minimum absolute atomic E-state index is 0.479. The lowest BCUT2D eigenvalue weighted by Crippen LogP contribution is -2.26. The highest BCUT2D eigenvalue weighted by atomic mass is 32.2. The normalized spacial score (nSPS) is 27.0. The smallest absolute Gasteiger partial charge is 0.229 e. The molecule has 0 amide bonds. The van der Waals surface area contributed by atoms with Gasteiger partial charge in [0.05, 0.1) is 0 Å². The Balaban J connectivity index is 1.67. The predicted octanol–water partition coefficient (Wildman–Crippen LogP) is 2.54. The summed E-state index contributed by atoms with van der Waals surface area (Å²) in [6.07, 6.45) is 5.96. The monoisotopic (exact) mass is 267 g/mol. The van der Waals surface area contributed by atoms with Gasteiger partial charge in [0.25, 0.3) is 0 Å². The highest BCUT2D eigenvalue weighted by molar-refractivity contribution is 7.99. The van der Waals surface area contributed by atoms with Crippen LogP contribution in [0.15, 0.2) is 4.52 Å². The van der Waals surface area contributed by atoms with E-state index in [0.717, 1.165) is 37.6 Å². The lowest BCUT2D eigenvalue weighted by molar-refractivity contribution is 0.316. The molecule has 0 saturated carbocycles. The molecule has 18 heavy (non-hydrogen) atoms. The van der Waals surface area contributed by atoms with Crippen LogP contribution in [-0.2, 0) is 0 Å². The van der Waals surface area contributed by atoms with Crippen LogP contribution in [0.2, 0.25) is 0 Å². The van der Waals surface area contributed by atoms with Gasteiger partial charge in [-0.15, -0.1) is 0 Å². The van der Waals surface area contributed by atoms with Gasteiger partial charge in [-0.3, -0.25) is 0 Å². The molecule has 0 aromatic carbocycles. The zero-order chi connectivity index (χ0) is 12.2. The maximum Gasteiger partial charge on any atom is 0.229 e. The summed E-state index contributed by atoms with van der Waals surface area (Å²) in [5.74, 6) is 5.37. The van der Waals surface area contributed by atoms with Crippen molar-refractivity contribution in [2.45, 2.75) is 43.9 Å². The standard InChI is InChI=1S/C13H21N3OS/c1-2-10(5-9-18-8-1)12-15-13(17-16-12)11-3-6-14-7-4-11/h10-11,14H,1-9H2/t10-/m0/s1. The van der Waals surface area contributed by atoms with Crippen molar-refractivity contribution in [3.05, 3.63) is 11.7 Å². The van der Waals surface area contributed by atoms with E-state index in [1.807, 2.05) is 0 Å². The maximum atomic E-state index is 5.50. The first kappa shape index (κ1) is 12.5. The number of piperidine rings is 1. The number of nitrogens with zero attached hydrogens (tertiary/aromatic N) is 2. The second-order valence-corrected chi connectivity index (χ2v) is 6.48. The highest BCUT2D eigenvalue weighted by Gasteiger charge is 2.24. The summed E-state index contributed by atoms with van der Waals surface area (Å²) in [6.45, 7) is 2.14. The summed E-state index contributed by atoms with van der Waals surface area (Å²) in [7, 11) is 0. The minimum Gasteiger partial charge on any atom is -0.339 e. The summed E-state index contributed by atoms with van der Waals surface area (Å²) < 4.78 is 5.50. The van der Waals surface area contributed by atoms with E-state index < -0.39 is 0 Å². The van der Waals surface area contributed by atoms with Gasteiger partial charge in [0, 0.05) is 11.8 Å². The van der Waals surface area contributed by atoms with Crippen LogP contribution in [0.4, 0.5) is 0 Å². The summed E-state index contributed by atoms with van der Waals surface area (Å²) >= 11 is 2.05. The molecule has 3 rings (SSSR count). The van der Waals surface area contributed by atoms with Crippen LogP contribution < -0.4 is 5.32 Å². The van der Waals surface area contributed by atoms with Crippen molar-refractivity contribution in [3.63, 3.8) is 0 Å². The summed E-state index contributed by atoms with van der Waals surface area (Å²) in [5, 5.41) is 7.61. The number of thioether (sulfide) groups is 1. The lowest BCUT2D eigenvalue weighted by Gasteiger charge is -2.18. The molecule has 0 bridgehead atoms. The third-order valence-electron chi connectivity index (χ3n) is 3.96. The molecule has 2 saturated heterocycles. The molecular weight excluding hydrogens is 246 g/mol. The summed E-state index contributed by atoms with van der Waals surface area (Å²) in [5.41, 5.74) is 0. The van der Waals surface area contributed by atoms with Crippen molar-refractivity contribution in [1.29, 1.82) is 0 Å². The average Bonchev–Trinajstić information content (AvgIpc) is 2.76. The van der Waals surface area contributed by atoms with Gasteiger partial charge in [0.2, 0.25) is 5.89 Å². The van der Waals surface area contributed by atoms with Gasteiger partial charge in [-0.2, -0.15) is 16.7 Å². The van der Waals surface area contributed by atoms with Crippen molar-refractivity contribution >= 4 is 11.8 Å². The van der Waals surface area contributed by atoms with Crippen molar-refractivity contribution in [3.8, 4) is 0 Å². The van der Waals surface area contributed by atoms with Crippen molar-refractivity contribution in [2.75, 3.05) is 24.6 Å². The molecule has 0 radical (unpaired) electrons. The Morgan fingerprint density at radius 2 is 1.94 bits per heavy atom. The van der Waals surface area contributed by atoms with E-state index in [2.05, 4.69) is 27.2 Å². The van der Waals surface area contributed by atoms with Crippen molar-refractivity contribution in [1.82, 2.24) is 15.5 Å². The number of aromatic nitrogens is 2. The summed E-state index contributed by atoms with van der Waals surface area (Å²) in [4.78, 5) is 4.68. The first-order valence-corrected chi connectivity index (χ1v) is 8.21. The number of nitrogens with one attached hydrogen (secondary N) is 1. The molecule has 2 aliphatic heterocycles. The topological polar surface area (TPSA) is 51.0 Å². The molecule has 1 N–H and O–H groups in total. The Bertz CT molecular complexity index is 368. The highest BCUT2D eigenvalue weighted by Crippen LogP contribution is 2.31. The van der Waals surface area contributed by atoms with E-state index >= 15 is 0 Å². The van der Waals surface area contributed by atoms with Gasteiger partial charge >= 0.3 is 0 Å². The van der Waals surface area contributed by atoms with Crippen molar-refractivity contribution < 1.29 is 4.52 Å². The fraction of sp³-hybridized carbons (Fsp3) is 0.846. The molecule has 1 aromatic rings. The molecular formula is C13H21N3OS. The van der Waals surface area contributed by atoms with Crippen LogP contribution >= 0.6 is 11.8 Å². The van der Waals surface area contributed by atoms with Gasteiger partial charge in [0.1, 0.15) is 0 Å². The molecule has 2 aliphatic rings. The van der Waals surface area contributed by atoms with E-state index in [0.29, 0.717) is 11.8 Å². The van der Waals surface area contributed by atoms with Gasteiger partial charge in [-0.1, -0.05) is 5.16 Å². The molecule has 0 aliphatic carbocycles. The Morgan fingerprint density at radius 1 is 1.06 bits per heavy atom. The molecule has 0 spiro atoms. The zero-order valence-corrected chi connectivity index (χ0v) is 11.5. The summed E-state index contributed by atoms with van der Waals surface area (Å²) in [6, 6.07) is 0. The van der Waals surface area contributed by atoms with Gasteiger partial charge in [-0.05, 0) is 56.7 Å². The Labute approximate surface area is 112 Å². The third-order valence-corrected chi connectivity index (χ3v) is 5.06. The van der Waals surface area contributed by atoms with Crippen LogP contribution in [0.3, 0.4) is 0 Å². The van der Waals surface area contributed by atoms with Crippen LogP contribution in [0.1, 0.15) is 55.7 Å². The molecule has 3 heterocycles. The second-order valence-electron chi connectivity index (χ2n) is 5.26. The lowest BCUT2D eigenvalue weighted by atomic mass is 9.97. The molecule has 2 fully saturated rings. The fourth-order valence-electron chi connectivity index (χ4n) is 2.81. The first-order valence-electron chi connectivity index (χ1n) is 7.05. The molecule has 5 heteroatoms. The average molecular weight is 267 g/mol. The minimum atomic E-state index is 0.479. The van der Waals surface area contributed by atoms with Crippen LogP contribution in [0.25, 0.3) is 0 Å². The van der Waals surface area contributed by atoms with Crippen LogP contribution in [-0.4, -0.2) is 34.7 Å². The predicted molar refractivity (Wildman–Crippen MR) is 73.1 cm³/mol. The second kappa shape index (κ2) is 6.06. The Hall–Kier alpha value is -0.550. The van der Waals surface area contributed by atoms with Gasteiger partial charge in [-0.25, -0.2) is 0 Å².